The van der Waals surface area contributed by atoms with Crippen molar-refractivity contribution >= 4 is 34.8 Å². The topological polar surface area (TPSA) is 183 Å². The lowest BCUT2D eigenvalue weighted by atomic mass is 9.98. The fourth-order valence-corrected chi connectivity index (χ4v) is 3.78. The number of fused-ring (bicyclic) bond motifs is 1. The molecule has 0 amide bonds. The van der Waals surface area contributed by atoms with Crippen LogP contribution in [-0.4, -0.2) is 73.4 Å². The van der Waals surface area contributed by atoms with Crippen LogP contribution in [0.3, 0.4) is 0 Å². The second-order valence-electron chi connectivity index (χ2n) is 8.11. The summed E-state index contributed by atoms with van der Waals surface area (Å²) in [5, 5.41) is 10.9. The van der Waals surface area contributed by atoms with E-state index in [0.717, 1.165) is 27.7 Å². The molecule has 0 radical (unpaired) electrons. The second kappa shape index (κ2) is 11.8. The Morgan fingerprint density at radius 1 is 0.895 bits per heavy atom. The molecule has 3 rings (SSSR count). The molecule has 206 valence electrons. The summed E-state index contributed by atoms with van der Waals surface area (Å²) in [4.78, 5) is 59.9. The molecule has 0 bridgehead atoms. The van der Waals surface area contributed by atoms with Gasteiger partial charge in [-0.1, -0.05) is 0 Å². The molecule has 0 saturated carbocycles. The quantitative estimate of drug-likeness (QED) is 0.285. The van der Waals surface area contributed by atoms with Crippen LogP contribution in [0.2, 0.25) is 0 Å². The predicted molar refractivity (Wildman–Crippen MR) is 123 cm³/mol. The van der Waals surface area contributed by atoms with Crippen molar-refractivity contribution in [1.82, 2.24) is 0 Å². The average molecular weight is 538 g/mol. The Morgan fingerprint density at radius 3 is 2.08 bits per heavy atom. The Kier molecular flexibility index (Phi) is 8.78. The summed E-state index contributed by atoms with van der Waals surface area (Å²) in [6.45, 7) is 3.79. The smallest absolute Gasteiger partial charge is 0.383 e. The lowest BCUT2D eigenvalue weighted by Gasteiger charge is -2.43. The maximum Gasteiger partial charge on any atom is 0.383 e. The Morgan fingerprint density at radius 2 is 1.50 bits per heavy atom. The summed E-state index contributed by atoms with van der Waals surface area (Å²) >= 11 is 0. The van der Waals surface area contributed by atoms with Gasteiger partial charge in [-0.3, -0.25) is 19.2 Å². The minimum atomic E-state index is -1.74. The van der Waals surface area contributed by atoms with Crippen molar-refractivity contribution in [2.75, 3.05) is 13.7 Å². The lowest BCUT2D eigenvalue weighted by molar-refractivity contribution is -0.289. The first-order valence-electron chi connectivity index (χ1n) is 11.2. The Balaban J connectivity index is 2.09. The van der Waals surface area contributed by atoms with Crippen LogP contribution in [0.25, 0.3) is 11.0 Å². The summed E-state index contributed by atoms with van der Waals surface area (Å²) in [5.41, 5.74) is -1.14. The van der Waals surface area contributed by atoms with E-state index in [2.05, 4.69) is 0 Å². The van der Waals surface area contributed by atoms with Gasteiger partial charge in [0.05, 0.1) is 12.5 Å². The van der Waals surface area contributed by atoms with E-state index in [-0.39, 0.29) is 11.0 Å². The molecule has 1 fully saturated rings. The molecule has 14 heteroatoms. The normalized spacial score (nSPS) is 22.7. The van der Waals surface area contributed by atoms with Crippen LogP contribution in [0.4, 0.5) is 0 Å². The van der Waals surface area contributed by atoms with E-state index in [1.807, 2.05) is 0 Å². The predicted octanol–water partition coefficient (Wildman–Crippen LogP) is 0.969. The molecule has 2 aromatic rings. The third kappa shape index (κ3) is 6.51. The zero-order valence-corrected chi connectivity index (χ0v) is 21.1. The Hall–Kier alpha value is -4.33. The fourth-order valence-electron chi connectivity index (χ4n) is 3.78. The Bertz CT molecular complexity index is 1280. The number of esters is 4. The average Bonchev–Trinajstić information content (AvgIpc) is 2.82. The van der Waals surface area contributed by atoms with Crippen LogP contribution < -0.4 is 15.1 Å². The number of carbonyl (C=O) groups is 4. The summed E-state index contributed by atoms with van der Waals surface area (Å²) in [6, 6.07) is 4.28. The SMILES string of the molecule is COc1ccc2c(O)c(O[C@H]3O[C@H](COC(C)=O)[C@@H](OC(C)=O)[C@H](OC(C)=O)[C@@H]3OC(C)=O)c(=O)oc2c1. The molecule has 38 heavy (non-hydrogen) atoms. The number of ether oxygens (including phenoxy) is 7. The lowest BCUT2D eigenvalue weighted by Crippen LogP contribution is -2.63. The molecule has 5 atom stereocenters. The highest BCUT2D eigenvalue weighted by Gasteiger charge is 2.53. The van der Waals surface area contributed by atoms with Crippen LogP contribution >= 0.6 is 0 Å². The van der Waals surface area contributed by atoms with Crippen molar-refractivity contribution in [2.45, 2.75) is 58.4 Å². The molecule has 0 unspecified atom stereocenters. The van der Waals surface area contributed by atoms with Gasteiger partial charge in [0.1, 0.15) is 24.0 Å². The highest BCUT2D eigenvalue weighted by Crippen LogP contribution is 2.36. The number of hydrogen-bond donors (Lipinski definition) is 1. The third-order valence-electron chi connectivity index (χ3n) is 5.23. The number of rotatable bonds is 8. The maximum absolute atomic E-state index is 12.7. The van der Waals surface area contributed by atoms with Gasteiger partial charge in [0.2, 0.25) is 12.4 Å². The van der Waals surface area contributed by atoms with Gasteiger partial charge in [-0.2, -0.15) is 0 Å². The minimum Gasteiger partial charge on any atom is -0.504 e. The molecule has 14 nitrogen and oxygen atoms in total. The van der Waals surface area contributed by atoms with Crippen LogP contribution in [0.15, 0.2) is 27.4 Å². The van der Waals surface area contributed by atoms with E-state index in [0.29, 0.717) is 5.75 Å². The number of hydrogen-bond acceptors (Lipinski definition) is 14. The molecule has 0 spiro atoms. The van der Waals surface area contributed by atoms with Gasteiger partial charge in [0.25, 0.3) is 5.75 Å². The standard InChI is InChI=1S/C24H26O14/c1-10(25)32-9-17-19(33-11(2)26)21(34-12(3)27)22(35-13(4)28)24(37-17)38-20-18(29)15-7-6-14(31-5)8-16(15)36-23(20)30/h6-8,17,19,21-22,24,29H,9H2,1-5H3/t17-,19-,21+,22+,24-/m1/s1. The van der Waals surface area contributed by atoms with Crippen LogP contribution in [0.5, 0.6) is 17.2 Å². The van der Waals surface area contributed by atoms with Gasteiger partial charge >= 0.3 is 29.5 Å². The van der Waals surface area contributed by atoms with E-state index >= 15 is 0 Å². The first kappa shape index (κ1) is 28.2. The first-order chi connectivity index (χ1) is 17.9. The van der Waals surface area contributed by atoms with E-state index in [1.54, 1.807) is 0 Å². The van der Waals surface area contributed by atoms with Gasteiger partial charge < -0.3 is 42.7 Å². The van der Waals surface area contributed by atoms with Crippen LogP contribution in [0, 0.1) is 0 Å². The molecule has 0 aliphatic carbocycles. The molecule has 1 aromatic heterocycles. The molecule has 1 saturated heterocycles. The minimum absolute atomic E-state index is 0.0132. The van der Waals surface area contributed by atoms with Gasteiger partial charge in [0, 0.05) is 33.8 Å². The van der Waals surface area contributed by atoms with Crippen molar-refractivity contribution in [3.63, 3.8) is 0 Å². The van der Waals surface area contributed by atoms with Gasteiger partial charge in [-0.25, -0.2) is 4.79 Å². The second-order valence-corrected chi connectivity index (χ2v) is 8.11. The Labute approximate surface area is 215 Å². The van der Waals surface area contributed by atoms with Gasteiger partial charge in [0.15, 0.2) is 18.0 Å². The van der Waals surface area contributed by atoms with Gasteiger partial charge in [-0.05, 0) is 12.1 Å². The first-order valence-corrected chi connectivity index (χ1v) is 11.2. The summed E-state index contributed by atoms with van der Waals surface area (Å²) in [5.74, 6) is -4.23. The number of benzene rings is 1. The molecule has 1 aliphatic heterocycles. The monoisotopic (exact) mass is 538 g/mol. The number of methoxy groups -OCH3 is 1. The third-order valence-corrected chi connectivity index (χ3v) is 5.23. The van der Waals surface area contributed by atoms with Gasteiger partial charge in [-0.15, -0.1) is 0 Å². The molecular formula is C24H26O14. The number of aromatic hydroxyl groups is 1. The maximum atomic E-state index is 12.7. The van der Waals surface area contributed by atoms with E-state index in [1.165, 1.54) is 25.3 Å². The highest BCUT2D eigenvalue weighted by atomic mass is 16.7. The molecule has 1 N–H and O–H groups in total. The van der Waals surface area contributed by atoms with Crippen LogP contribution in [-0.2, 0) is 42.9 Å². The summed E-state index contributed by atoms with van der Waals surface area (Å²) in [7, 11) is 1.40. The van der Waals surface area contributed by atoms with E-state index < -0.39 is 78.3 Å². The van der Waals surface area contributed by atoms with Crippen molar-refractivity contribution in [3.05, 3.63) is 28.6 Å². The van der Waals surface area contributed by atoms with E-state index in [9.17, 15) is 29.1 Å². The van der Waals surface area contributed by atoms with Crippen LogP contribution in [0.1, 0.15) is 27.7 Å². The fraction of sp³-hybridized carbons (Fsp3) is 0.458. The molecule has 1 aromatic carbocycles. The highest BCUT2D eigenvalue weighted by molar-refractivity contribution is 5.86. The zero-order chi connectivity index (χ0) is 28.1. The van der Waals surface area contributed by atoms with Crippen molar-refractivity contribution < 1.29 is 61.9 Å². The van der Waals surface area contributed by atoms with Crippen molar-refractivity contribution in [3.8, 4) is 17.2 Å². The zero-order valence-electron chi connectivity index (χ0n) is 21.1. The summed E-state index contributed by atoms with van der Waals surface area (Å²) in [6.07, 6.45) is -7.62. The molecule has 1 aliphatic rings. The number of carbonyl (C=O) groups excluding carboxylic acids is 4. The van der Waals surface area contributed by atoms with E-state index in [4.69, 9.17) is 37.6 Å². The van der Waals surface area contributed by atoms with Crippen molar-refractivity contribution in [1.29, 1.82) is 0 Å². The largest absolute Gasteiger partial charge is 0.504 e. The summed E-state index contributed by atoms with van der Waals surface area (Å²) < 4.78 is 42.6. The molecule has 2 heterocycles. The van der Waals surface area contributed by atoms with Crippen molar-refractivity contribution in [2.24, 2.45) is 0 Å². The molecular weight excluding hydrogens is 512 g/mol.